The van der Waals surface area contributed by atoms with Gasteiger partial charge >= 0.3 is 6.36 Å². The number of carbonyl (C=O) groups excluding carboxylic acids is 2. The molecule has 1 aromatic heterocycles. The fourth-order valence-corrected chi connectivity index (χ4v) is 2.66. The van der Waals surface area contributed by atoms with Gasteiger partial charge in [0.15, 0.2) is 5.16 Å². The zero-order valence-corrected chi connectivity index (χ0v) is 15.2. The van der Waals surface area contributed by atoms with Crippen molar-refractivity contribution in [1.29, 1.82) is 0 Å². The van der Waals surface area contributed by atoms with Crippen LogP contribution in [0.25, 0.3) is 0 Å². The van der Waals surface area contributed by atoms with Crippen molar-refractivity contribution in [1.82, 2.24) is 15.3 Å². The zero-order valence-electron chi connectivity index (χ0n) is 14.4. The molecule has 0 saturated carbocycles. The summed E-state index contributed by atoms with van der Waals surface area (Å²) in [5.74, 6) is -1.30. The number of thioether (sulfide) groups is 1. The Morgan fingerprint density at radius 3 is 2.50 bits per heavy atom. The number of carbonyl (C=O) groups is 2. The highest BCUT2D eigenvalue weighted by Crippen LogP contribution is 2.24. The molecule has 3 N–H and O–H groups in total. The third-order valence-corrected chi connectivity index (χ3v) is 3.98. The predicted molar refractivity (Wildman–Crippen MR) is 95.1 cm³/mol. The van der Waals surface area contributed by atoms with Gasteiger partial charge in [-0.25, -0.2) is 4.98 Å². The summed E-state index contributed by atoms with van der Waals surface area (Å²) in [6.45, 7) is 0. The van der Waals surface area contributed by atoms with Crippen LogP contribution in [0, 0.1) is 0 Å². The van der Waals surface area contributed by atoms with Crippen LogP contribution >= 0.6 is 11.8 Å². The lowest BCUT2D eigenvalue weighted by atomic mass is 10.3. The molecule has 0 saturated heterocycles. The Labute approximate surface area is 160 Å². The van der Waals surface area contributed by atoms with Gasteiger partial charge in [0.25, 0.3) is 5.56 Å². The van der Waals surface area contributed by atoms with Gasteiger partial charge in [0.1, 0.15) is 5.75 Å². The molecule has 0 aliphatic rings. The minimum absolute atomic E-state index is 0.0769. The molecule has 0 atom stereocenters. The number of hydrogen-bond acceptors (Lipinski definition) is 6. The molecule has 12 heteroatoms. The molecule has 0 bridgehead atoms. The summed E-state index contributed by atoms with van der Waals surface area (Å²) in [6.07, 6.45) is -4.87. The summed E-state index contributed by atoms with van der Waals surface area (Å²) in [6, 6.07) is 5.83. The van der Waals surface area contributed by atoms with Crippen molar-refractivity contribution in [2.24, 2.45) is 0 Å². The number of amides is 2. The van der Waals surface area contributed by atoms with Crippen LogP contribution in [0.5, 0.6) is 5.75 Å². The summed E-state index contributed by atoms with van der Waals surface area (Å²) >= 11 is 0.938. The molecule has 1 aromatic carbocycles. The van der Waals surface area contributed by atoms with Crippen LogP contribution in [0.3, 0.4) is 0 Å². The van der Waals surface area contributed by atoms with E-state index in [2.05, 4.69) is 25.3 Å². The summed E-state index contributed by atoms with van der Waals surface area (Å²) in [5, 5.41) is 5.07. The second kappa shape index (κ2) is 9.26. The van der Waals surface area contributed by atoms with E-state index in [0.29, 0.717) is 0 Å². The number of nitrogens with one attached hydrogen (secondary N) is 3. The summed E-state index contributed by atoms with van der Waals surface area (Å²) in [7, 11) is 1.46. The van der Waals surface area contributed by atoms with Crippen molar-refractivity contribution in [3.8, 4) is 5.75 Å². The molecule has 150 valence electrons. The maximum atomic E-state index is 12.1. The Hall–Kier alpha value is -3.02. The average molecular weight is 416 g/mol. The number of anilines is 1. The van der Waals surface area contributed by atoms with Gasteiger partial charge in [0.2, 0.25) is 11.8 Å². The molecule has 0 spiro atoms. The molecule has 8 nitrogen and oxygen atoms in total. The van der Waals surface area contributed by atoms with Crippen molar-refractivity contribution < 1.29 is 27.5 Å². The molecule has 0 radical (unpaired) electrons. The van der Waals surface area contributed by atoms with Crippen LogP contribution in [0.1, 0.15) is 5.69 Å². The van der Waals surface area contributed by atoms with Crippen LogP contribution in [-0.4, -0.2) is 40.9 Å². The predicted octanol–water partition coefficient (Wildman–Crippen LogP) is 1.69. The number of aromatic nitrogens is 2. The molecule has 2 aromatic rings. The Morgan fingerprint density at radius 2 is 1.89 bits per heavy atom. The molecule has 2 amide bonds. The Balaban J connectivity index is 1.92. The van der Waals surface area contributed by atoms with Crippen molar-refractivity contribution in [2.75, 3.05) is 18.1 Å². The monoisotopic (exact) mass is 416 g/mol. The van der Waals surface area contributed by atoms with E-state index in [0.717, 1.165) is 23.9 Å². The number of halogens is 3. The van der Waals surface area contributed by atoms with E-state index >= 15 is 0 Å². The highest BCUT2D eigenvalue weighted by molar-refractivity contribution is 7.99. The number of nitrogens with zero attached hydrogens (tertiary/aromatic N) is 1. The third-order valence-electron chi connectivity index (χ3n) is 3.11. The Morgan fingerprint density at radius 1 is 1.21 bits per heavy atom. The standard InChI is InChI=1S/C16H15F3N4O4S/c1-20-12(24)6-10-7-13(25)23-15(22-10)28-8-14(26)21-9-2-4-11(5-3-9)27-16(17,18)19/h2-5,7H,6,8H2,1H3,(H,20,24)(H,21,26)(H,22,23,25). The topological polar surface area (TPSA) is 113 Å². The van der Waals surface area contributed by atoms with E-state index in [4.69, 9.17) is 0 Å². The van der Waals surface area contributed by atoms with E-state index in [1.54, 1.807) is 0 Å². The molecule has 1 heterocycles. The number of hydrogen-bond donors (Lipinski definition) is 3. The van der Waals surface area contributed by atoms with Crippen LogP contribution in [0.15, 0.2) is 40.3 Å². The fraction of sp³-hybridized carbons (Fsp3) is 0.250. The smallest absolute Gasteiger partial charge is 0.406 e. The summed E-state index contributed by atoms with van der Waals surface area (Å²) in [4.78, 5) is 41.5. The minimum atomic E-state index is -4.79. The first kappa shape index (κ1) is 21.3. The van der Waals surface area contributed by atoms with E-state index < -0.39 is 23.6 Å². The number of H-pyrrole nitrogens is 1. The second-order valence-electron chi connectivity index (χ2n) is 5.30. The van der Waals surface area contributed by atoms with Gasteiger partial charge in [-0.3, -0.25) is 14.4 Å². The third kappa shape index (κ3) is 7.31. The maximum absolute atomic E-state index is 12.1. The Bertz CT molecular complexity index is 900. The maximum Gasteiger partial charge on any atom is 0.573 e. The van der Waals surface area contributed by atoms with E-state index in [1.807, 2.05) is 0 Å². The SMILES string of the molecule is CNC(=O)Cc1cc(=O)[nH]c(SCC(=O)Nc2ccc(OC(F)(F)F)cc2)n1. The highest BCUT2D eigenvalue weighted by atomic mass is 32.2. The molecule has 28 heavy (non-hydrogen) atoms. The van der Waals surface area contributed by atoms with Crippen molar-refractivity contribution in [2.45, 2.75) is 17.9 Å². The van der Waals surface area contributed by atoms with E-state index in [9.17, 15) is 27.6 Å². The van der Waals surface area contributed by atoms with Gasteiger partial charge in [0.05, 0.1) is 17.9 Å². The summed E-state index contributed by atoms with van der Waals surface area (Å²) in [5.41, 5.74) is 0.0678. The first-order chi connectivity index (χ1) is 13.1. The van der Waals surface area contributed by atoms with Crippen LogP contribution in [-0.2, 0) is 16.0 Å². The lowest BCUT2D eigenvalue weighted by Gasteiger charge is -2.10. The molecule has 0 aliphatic carbocycles. The van der Waals surface area contributed by atoms with Gasteiger partial charge < -0.3 is 20.4 Å². The average Bonchev–Trinajstić information content (AvgIpc) is 2.60. The number of benzene rings is 1. The van der Waals surface area contributed by atoms with Gasteiger partial charge in [-0.2, -0.15) is 0 Å². The van der Waals surface area contributed by atoms with Crippen molar-refractivity contribution >= 4 is 29.3 Å². The lowest BCUT2D eigenvalue weighted by molar-refractivity contribution is -0.274. The number of aromatic amines is 1. The first-order valence-corrected chi connectivity index (χ1v) is 8.72. The van der Waals surface area contributed by atoms with Crippen molar-refractivity contribution in [3.63, 3.8) is 0 Å². The molecule has 2 rings (SSSR count). The fourth-order valence-electron chi connectivity index (χ4n) is 1.97. The molecule has 0 unspecified atom stereocenters. The number of likely N-dealkylation sites (N-methyl/N-ethyl adjacent to an activating group) is 1. The van der Waals surface area contributed by atoms with Crippen LogP contribution in [0.4, 0.5) is 18.9 Å². The first-order valence-electron chi connectivity index (χ1n) is 7.74. The quantitative estimate of drug-likeness (QED) is 0.468. The molecular formula is C16H15F3N4O4S. The van der Waals surface area contributed by atoms with Gasteiger partial charge in [0, 0.05) is 18.8 Å². The summed E-state index contributed by atoms with van der Waals surface area (Å²) < 4.78 is 40.1. The minimum Gasteiger partial charge on any atom is -0.406 e. The van der Waals surface area contributed by atoms with Crippen LogP contribution < -0.4 is 20.9 Å². The molecular weight excluding hydrogens is 401 g/mol. The van der Waals surface area contributed by atoms with Crippen molar-refractivity contribution in [3.05, 3.63) is 46.4 Å². The van der Waals surface area contributed by atoms with Crippen LogP contribution in [0.2, 0.25) is 0 Å². The van der Waals surface area contributed by atoms with E-state index in [-0.39, 0.29) is 34.6 Å². The van der Waals surface area contributed by atoms with E-state index in [1.165, 1.54) is 25.2 Å². The number of rotatable bonds is 7. The van der Waals surface area contributed by atoms with Gasteiger partial charge in [-0.15, -0.1) is 13.2 Å². The number of ether oxygens (including phenoxy) is 1. The number of alkyl halides is 3. The zero-order chi connectivity index (χ0) is 20.7. The second-order valence-corrected chi connectivity index (χ2v) is 6.26. The molecule has 0 fully saturated rings. The normalized spacial score (nSPS) is 11.0. The molecule has 0 aliphatic heterocycles. The van der Waals surface area contributed by atoms with Gasteiger partial charge in [-0.05, 0) is 24.3 Å². The van der Waals surface area contributed by atoms with Gasteiger partial charge in [-0.1, -0.05) is 11.8 Å². The Kier molecular flexibility index (Phi) is 7.04. The lowest BCUT2D eigenvalue weighted by Crippen LogP contribution is -2.22. The highest BCUT2D eigenvalue weighted by Gasteiger charge is 2.30. The largest absolute Gasteiger partial charge is 0.573 e.